The van der Waals surface area contributed by atoms with Crippen LogP contribution in [-0.2, 0) is 19.1 Å². The van der Waals surface area contributed by atoms with E-state index < -0.39 is 18.1 Å². The molecule has 0 spiro atoms. The number of rotatable bonds is 12. The fourth-order valence-electron chi connectivity index (χ4n) is 3.34. The summed E-state index contributed by atoms with van der Waals surface area (Å²) in [5.41, 5.74) is 4.32. The zero-order valence-corrected chi connectivity index (χ0v) is 21.8. The highest BCUT2D eigenvalue weighted by molar-refractivity contribution is 5.88. The summed E-state index contributed by atoms with van der Waals surface area (Å²) in [6, 6.07) is 22.4. The lowest BCUT2D eigenvalue weighted by atomic mass is 10.0. The number of hydrogen-bond acceptors (Lipinski definition) is 7. The smallest absolute Gasteiger partial charge is 0.462 e. The quantitative estimate of drug-likeness (QED) is 0.0622. The molecule has 0 saturated carbocycles. The van der Waals surface area contributed by atoms with E-state index in [0.717, 1.165) is 28.3 Å². The van der Waals surface area contributed by atoms with Gasteiger partial charge in [0.1, 0.15) is 11.5 Å². The van der Waals surface area contributed by atoms with Crippen molar-refractivity contribution in [3.63, 3.8) is 0 Å². The van der Waals surface area contributed by atoms with Gasteiger partial charge in [0.05, 0.1) is 13.2 Å². The van der Waals surface area contributed by atoms with Crippen molar-refractivity contribution in [2.75, 3.05) is 13.2 Å². The predicted octanol–water partition coefficient (Wildman–Crippen LogP) is 7.08. The molecule has 3 rings (SSSR count). The summed E-state index contributed by atoms with van der Waals surface area (Å²) in [6.07, 6.45) is 5.11. The van der Waals surface area contributed by atoms with E-state index in [1.807, 2.05) is 60.7 Å². The van der Waals surface area contributed by atoms with E-state index in [0.29, 0.717) is 29.9 Å². The third-order valence-electron chi connectivity index (χ3n) is 5.39. The molecule has 0 aliphatic rings. The first-order chi connectivity index (χ1) is 18.9. The molecule has 7 nitrogen and oxygen atoms in total. The normalized spacial score (nSPS) is 10.5. The summed E-state index contributed by atoms with van der Waals surface area (Å²) in [5.74, 6) is -0.0592. The minimum atomic E-state index is -0.777. The van der Waals surface area contributed by atoms with Crippen LogP contribution >= 0.6 is 0 Å². The molecule has 0 unspecified atom stereocenters. The molecule has 0 heterocycles. The zero-order valence-electron chi connectivity index (χ0n) is 21.8. The Morgan fingerprint density at radius 1 is 0.667 bits per heavy atom. The van der Waals surface area contributed by atoms with Crippen molar-refractivity contribution in [1.82, 2.24) is 0 Å². The Morgan fingerprint density at radius 3 is 1.51 bits per heavy atom. The summed E-state index contributed by atoms with van der Waals surface area (Å²) in [5, 5.41) is 0. The van der Waals surface area contributed by atoms with Crippen molar-refractivity contribution >= 4 is 18.1 Å². The largest absolute Gasteiger partial charge is 0.513 e. The van der Waals surface area contributed by atoms with Crippen molar-refractivity contribution in [3.8, 4) is 33.8 Å². The molecule has 0 saturated heterocycles. The molecule has 0 atom stereocenters. The lowest BCUT2D eigenvalue weighted by Gasteiger charge is -2.08. The second-order valence-corrected chi connectivity index (χ2v) is 8.42. The van der Waals surface area contributed by atoms with Gasteiger partial charge in [-0.1, -0.05) is 73.8 Å². The van der Waals surface area contributed by atoms with Gasteiger partial charge in [-0.25, -0.2) is 14.4 Å². The van der Waals surface area contributed by atoms with Crippen molar-refractivity contribution < 1.29 is 33.3 Å². The van der Waals surface area contributed by atoms with E-state index in [-0.39, 0.29) is 13.2 Å². The maximum atomic E-state index is 11.9. The summed E-state index contributed by atoms with van der Waals surface area (Å²) < 4.78 is 20.4. The topological polar surface area (TPSA) is 88.1 Å². The number of benzene rings is 3. The highest BCUT2D eigenvalue weighted by Crippen LogP contribution is 2.27. The van der Waals surface area contributed by atoms with Gasteiger partial charge >= 0.3 is 18.1 Å². The monoisotopic (exact) mass is 526 g/mol. The molecule has 3 aromatic carbocycles. The molecule has 0 aliphatic heterocycles. The fourth-order valence-corrected chi connectivity index (χ4v) is 3.34. The summed E-state index contributed by atoms with van der Waals surface area (Å²) in [6.45, 7) is 8.95. The Hall–Kier alpha value is -4.91. The number of carbonyl (C=O) groups excluding carboxylic acids is 3. The molecular weight excluding hydrogens is 496 g/mol. The van der Waals surface area contributed by atoms with Crippen LogP contribution in [0, 0.1) is 0 Å². The van der Waals surface area contributed by atoms with Gasteiger partial charge in [0.15, 0.2) is 0 Å². The van der Waals surface area contributed by atoms with E-state index in [4.69, 9.17) is 18.9 Å². The van der Waals surface area contributed by atoms with Gasteiger partial charge in [0, 0.05) is 11.6 Å². The molecule has 0 bridgehead atoms. The molecule has 200 valence electrons. The van der Waals surface area contributed by atoms with Crippen LogP contribution in [0.5, 0.6) is 11.5 Å². The first-order valence-corrected chi connectivity index (χ1v) is 12.3. The molecule has 0 fully saturated rings. The van der Waals surface area contributed by atoms with Crippen LogP contribution in [0.4, 0.5) is 4.79 Å². The third kappa shape index (κ3) is 9.48. The second-order valence-electron chi connectivity index (χ2n) is 8.42. The van der Waals surface area contributed by atoms with Gasteiger partial charge in [-0.2, -0.15) is 0 Å². The third-order valence-corrected chi connectivity index (χ3v) is 5.39. The Morgan fingerprint density at radius 2 is 1.08 bits per heavy atom. The number of carbonyl (C=O) groups is 3. The number of hydrogen-bond donors (Lipinski definition) is 0. The fraction of sp³-hybridized carbons (Fsp3) is 0.156. The minimum absolute atomic E-state index is 0.175. The average Bonchev–Trinajstić information content (AvgIpc) is 2.95. The molecule has 39 heavy (non-hydrogen) atoms. The highest BCUT2D eigenvalue weighted by atomic mass is 16.7. The lowest BCUT2D eigenvalue weighted by Crippen LogP contribution is -2.11. The van der Waals surface area contributed by atoms with Gasteiger partial charge in [0.2, 0.25) is 0 Å². The molecule has 3 aromatic rings. The van der Waals surface area contributed by atoms with Crippen molar-refractivity contribution in [3.05, 3.63) is 110 Å². The Balaban J connectivity index is 1.45. The van der Waals surface area contributed by atoms with Gasteiger partial charge in [-0.05, 0) is 66.3 Å². The molecule has 0 aliphatic carbocycles. The van der Waals surface area contributed by atoms with Gasteiger partial charge in [-0.15, -0.1) is 0 Å². The second kappa shape index (κ2) is 14.7. The Labute approximate surface area is 228 Å². The predicted molar refractivity (Wildman–Crippen MR) is 149 cm³/mol. The van der Waals surface area contributed by atoms with Crippen molar-refractivity contribution in [2.24, 2.45) is 0 Å². The number of ether oxygens (including phenoxy) is 4. The van der Waals surface area contributed by atoms with Crippen LogP contribution in [0.25, 0.3) is 22.3 Å². The van der Waals surface area contributed by atoms with Crippen LogP contribution in [0.2, 0.25) is 0 Å². The SMILES string of the molecule is C=CC(=O)OCC/C=C\CCOC(=O)Oc1ccc(-c2ccc(-c3ccc(OC(=O)C(=C)C)cc3)cc2)cc1. The zero-order chi connectivity index (χ0) is 28.0. The van der Waals surface area contributed by atoms with E-state index >= 15 is 0 Å². The molecule has 7 heteroatoms. The van der Waals surface area contributed by atoms with E-state index in [1.54, 1.807) is 31.2 Å². The standard InChI is InChI=1S/C32H30O7/c1-4-30(33)36-21-7-5-6-8-22-37-32(35)39-29-19-15-27(16-20-29)25-11-9-24(10-12-25)26-13-17-28(18-14-26)38-31(34)23(2)3/h4-6,9-20H,1-2,7-8,21-22H2,3H3/b6-5-. The lowest BCUT2D eigenvalue weighted by molar-refractivity contribution is -0.137. The summed E-state index contributed by atoms with van der Waals surface area (Å²) in [7, 11) is 0. The average molecular weight is 527 g/mol. The molecule has 0 aromatic heterocycles. The number of esters is 2. The first kappa shape index (κ1) is 28.7. The van der Waals surface area contributed by atoms with E-state index in [9.17, 15) is 14.4 Å². The van der Waals surface area contributed by atoms with Crippen LogP contribution in [0.1, 0.15) is 19.8 Å². The van der Waals surface area contributed by atoms with Crippen LogP contribution < -0.4 is 9.47 Å². The van der Waals surface area contributed by atoms with Crippen LogP contribution in [0.15, 0.2) is 110 Å². The molecular formula is C32H30O7. The van der Waals surface area contributed by atoms with Crippen molar-refractivity contribution in [1.29, 1.82) is 0 Å². The van der Waals surface area contributed by atoms with Crippen molar-refractivity contribution in [2.45, 2.75) is 19.8 Å². The van der Waals surface area contributed by atoms with Gasteiger partial charge in [-0.3, -0.25) is 0 Å². The van der Waals surface area contributed by atoms with Gasteiger partial charge < -0.3 is 18.9 Å². The van der Waals surface area contributed by atoms with Crippen LogP contribution in [-0.4, -0.2) is 31.3 Å². The minimum Gasteiger partial charge on any atom is -0.462 e. The van der Waals surface area contributed by atoms with Crippen LogP contribution in [0.3, 0.4) is 0 Å². The Bertz CT molecular complexity index is 1320. The summed E-state index contributed by atoms with van der Waals surface area (Å²) in [4.78, 5) is 34.5. The first-order valence-electron chi connectivity index (χ1n) is 12.3. The summed E-state index contributed by atoms with van der Waals surface area (Å²) >= 11 is 0. The van der Waals surface area contributed by atoms with E-state index in [2.05, 4.69) is 13.2 Å². The highest BCUT2D eigenvalue weighted by Gasteiger charge is 2.08. The van der Waals surface area contributed by atoms with E-state index in [1.165, 1.54) is 0 Å². The maximum absolute atomic E-state index is 11.9. The molecule has 0 amide bonds. The molecule has 0 radical (unpaired) electrons. The maximum Gasteiger partial charge on any atom is 0.513 e. The Kier molecular flexibility index (Phi) is 10.8. The molecule has 0 N–H and O–H groups in total. The van der Waals surface area contributed by atoms with Gasteiger partial charge in [0.25, 0.3) is 0 Å².